The third-order valence-corrected chi connectivity index (χ3v) is 3.43. The van der Waals surface area contributed by atoms with E-state index in [4.69, 9.17) is 14.1 Å². The van der Waals surface area contributed by atoms with Crippen LogP contribution in [0.1, 0.15) is 17.1 Å². The molecule has 0 bridgehead atoms. The molecule has 3 aromatic rings. The van der Waals surface area contributed by atoms with Crippen molar-refractivity contribution in [3.63, 3.8) is 0 Å². The maximum atomic E-state index is 12.0. The summed E-state index contributed by atoms with van der Waals surface area (Å²) >= 11 is 0. The summed E-state index contributed by atoms with van der Waals surface area (Å²) in [5.74, 6) is -1.18. The van der Waals surface area contributed by atoms with Gasteiger partial charge in [-0.3, -0.25) is 0 Å². The quantitative estimate of drug-likeness (QED) is 0.771. The van der Waals surface area contributed by atoms with Gasteiger partial charge in [0.1, 0.15) is 11.5 Å². The van der Waals surface area contributed by atoms with Gasteiger partial charge in [0.25, 0.3) is 0 Å². The van der Waals surface area contributed by atoms with Gasteiger partial charge in [-0.1, -0.05) is 0 Å². The van der Waals surface area contributed by atoms with Gasteiger partial charge < -0.3 is 24.1 Å². The van der Waals surface area contributed by atoms with E-state index in [2.05, 4.69) is 5.32 Å². The molecule has 3 rings (SSSR count). The minimum absolute atomic E-state index is 0.122. The molecule has 1 aromatic carbocycles. The number of benzene rings is 1. The van der Waals surface area contributed by atoms with Crippen molar-refractivity contribution in [1.29, 1.82) is 5.26 Å². The summed E-state index contributed by atoms with van der Waals surface area (Å²) < 4.78 is 10.6. The Morgan fingerprint density at radius 1 is 1.04 bits per heavy atom. The molecule has 0 saturated heterocycles. The van der Waals surface area contributed by atoms with Gasteiger partial charge in [0, 0.05) is 5.69 Å². The number of aliphatic carboxylic acids is 1. The standard InChI is InChI=1S/C17H12N2O4/c18-11-12-5-7-13(8-6-12)19-17(16(20)21,14-3-1-9-22-14)15-4-2-10-23-15/h1-10,19H,(H,20,21)/p-1. The first-order valence-corrected chi connectivity index (χ1v) is 6.74. The molecule has 6 heteroatoms. The molecule has 23 heavy (non-hydrogen) atoms. The van der Waals surface area contributed by atoms with Crippen molar-refractivity contribution in [3.05, 3.63) is 78.1 Å². The lowest BCUT2D eigenvalue weighted by Crippen LogP contribution is -2.52. The molecule has 2 heterocycles. The number of hydrogen-bond donors (Lipinski definition) is 1. The number of hydrogen-bond acceptors (Lipinski definition) is 6. The number of carbonyl (C=O) groups excluding carboxylic acids is 1. The summed E-state index contributed by atoms with van der Waals surface area (Å²) in [5, 5.41) is 23.7. The van der Waals surface area contributed by atoms with Crippen LogP contribution in [0.3, 0.4) is 0 Å². The number of rotatable bonds is 5. The van der Waals surface area contributed by atoms with Crippen LogP contribution in [-0.4, -0.2) is 5.97 Å². The first kappa shape index (κ1) is 14.5. The Morgan fingerprint density at radius 2 is 1.61 bits per heavy atom. The van der Waals surface area contributed by atoms with Crippen molar-refractivity contribution in [2.75, 3.05) is 5.32 Å². The first-order valence-electron chi connectivity index (χ1n) is 6.74. The fourth-order valence-electron chi connectivity index (χ4n) is 2.33. The number of nitrogens with one attached hydrogen (secondary N) is 1. The largest absolute Gasteiger partial charge is 0.547 e. The predicted molar refractivity (Wildman–Crippen MR) is 78.0 cm³/mol. The Bertz CT molecular complexity index is 794. The zero-order valence-corrected chi connectivity index (χ0v) is 11.9. The zero-order chi connectivity index (χ0) is 16.3. The fraction of sp³-hybridized carbons (Fsp3) is 0.0588. The normalized spacial score (nSPS) is 10.9. The molecule has 114 valence electrons. The maximum absolute atomic E-state index is 12.0. The average molecular weight is 307 g/mol. The minimum atomic E-state index is -1.82. The second kappa shape index (κ2) is 5.73. The number of carboxylic acids is 1. The molecule has 0 radical (unpaired) electrons. The molecular weight excluding hydrogens is 296 g/mol. The lowest BCUT2D eigenvalue weighted by molar-refractivity contribution is -0.312. The molecule has 0 aliphatic carbocycles. The van der Waals surface area contributed by atoms with Crippen LogP contribution in [0.2, 0.25) is 0 Å². The maximum Gasteiger partial charge on any atom is 0.194 e. The van der Waals surface area contributed by atoms with Crippen LogP contribution in [0.25, 0.3) is 0 Å². The molecule has 0 amide bonds. The van der Waals surface area contributed by atoms with Crippen molar-refractivity contribution in [3.8, 4) is 6.07 Å². The summed E-state index contributed by atoms with van der Waals surface area (Å²) in [6.07, 6.45) is 2.74. The molecular formula is C17H11N2O4-. The number of carboxylic acid groups (broad SMARTS) is 1. The minimum Gasteiger partial charge on any atom is -0.547 e. The second-order valence-electron chi connectivity index (χ2n) is 4.81. The van der Waals surface area contributed by atoms with Crippen molar-refractivity contribution >= 4 is 11.7 Å². The summed E-state index contributed by atoms with van der Waals surface area (Å²) in [7, 11) is 0. The van der Waals surface area contributed by atoms with Crippen LogP contribution in [0.15, 0.2) is 69.9 Å². The van der Waals surface area contributed by atoms with Crippen molar-refractivity contribution in [2.45, 2.75) is 5.54 Å². The number of nitriles is 1. The van der Waals surface area contributed by atoms with Crippen molar-refractivity contribution < 1.29 is 18.7 Å². The van der Waals surface area contributed by atoms with Crippen molar-refractivity contribution in [1.82, 2.24) is 0 Å². The third kappa shape index (κ3) is 2.45. The van der Waals surface area contributed by atoms with E-state index < -0.39 is 11.5 Å². The lowest BCUT2D eigenvalue weighted by atomic mass is 9.92. The van der Waals surface area contributed by atoms with Gasteiger partial charge in [0.15, 0.2) is 5.54 Å². The molecule has 0 spiro atoms. The monoisotopic (exact) mass is 307 g/mol. The van der Waals surface area contributed by atoms with E-state index in [1.807, 2.05) is 6.07 Å². The topological polar surface area (TPSA) is 102 Å². The summed E-state index contributed by atoms with van der Waals surface area (Å²) in [5.41, 5.74) is -0.882. The van der Waals surface area contributed by atoms with Gasteiger partial charge in [0.2, 0.25) is 0 Å². The first-order chi connectivity index (χ1) is 11.2. The molecule has 1 N–H and O–H groups in total. The molecule has 2 aromatic heterocycles. The van der Waals surface area contributed by atoms with E-state index in [9.17, 15) is 9.90 Å². The highest BCUT2D eigenvalue weighted by Crippen LogP contribution is 2.34. The van der Waals surface area contributed by atoms with E-state index in [0.29, 0.717) is 11.3 Å². The number of nitrogens with zero attached hydrogens (tertiary/aromatic N) is 1. The van der Waals surface area contributed by atoms with Crippen LogP contribution in [0, 0.1) is 11.3 Å². The molecule has 0 unspecified atom stereocenters. The van der Waals surface area contributed by atoms with Crippen LogP contribution in [-0.2, 0) is 10.3 Å². The number of furan rings is 2. The Labute approximate surface area is 131 Å². The summed E-state index contributed by atoms with van der Waals surface area (Å²) in [6, 6.07) is 14.6. The van der Waals surface area contributed by atoms with Gasteiger partial charge >= 0.3 is 0 Å². The Kier molecular flexibility index (Phi) is 3.61. The number of carbonyl (C=O) groups is 1. The average Bonchev–Trinajstić information content (AvgIpc) is 3.26. The lowest BCUT2D eigenvalue weighted by Gasteiger charge is -2.32. The molecule has 0 aliphatic rings. The predicted octanol–water partition coefficient (Wildman–Crippen LogP) is 1.85. The molecule has 0 aliphatic heterocycles. The van der Waals surface area contributed by atoms with Crippen LogP contribution >= 0.6 is 0 Å². The van der Waals surface area contributed by atoms with Gasteiger partial charge in [-0.25, -0.2) is 0 Å². The Hall–Kier alpha value is -3.46. The highest BCUT2D eigenvalue weighted by Gasteiger charge is 2.42. The molecule has 6 nitrogen and oxygen atoms in total. The van der Waals surface area contributed by atoms with Gasteiger partial charge in [-0.2, -0.15) is 5.26 Å². The summed E-state index contributed by atoms with van der Waals surface area (Å²) in [4.78, 5) is 12.0. The van der Waals surface area contributed by atoms with Crippen LogP contribution in [0.4, 0.5) is 5.69 Å². The van der Waals surface area contributed by atoms with Gasteiger partial charge in [-0.15, -0.1) is 0 Å². The highest BCUT2D eigenvalue weighted by atomic mass is 16.4. The number of anilines is 1. The fourth-order valence-corrected chi connectivity index (χ4v) is 2.33. The van der Waals surface area contributed by atoms with Gasteiger partial charge in [-0.05, 0) is 48.5 Å². The second-order valence-corrected chi connectivity index (χ2v) is 4.81. The molecule has 0 saturated carbocycles. The summed E-state index contributed by atoms with van der Waals surface area (Å²) in [6.45, 7) is 0. The smallest absolute Gasteiger partial charge is 0.194 e. The van der Waals surface area contributed by atoms with E-state index in [0.717, 1.165) is 0 Å². The van der Waals surface area contributed by atoms with E-state index in [-0.39, 0.29) is 11.5 Å². The Morgan fingerprint density at radius 3 is 2.00 bits per heavy atom. The Balaban J connectivity index is 2.11. The SMILES string of the molecule is N#Cc1ccc(NC(C(=O)[O-])(c2ccco2)c2ccco2)cc1. The van der Waals surface area contributed by atoms with E-state index in [1.54, 1.807) is 36.4 Å². The van der Waals surface area contributed by atoms with Crippen LogP contribution < -0.4 is 10.4 Å². The van der Waals surface area contributed by atoms with E-state index >= 15 is 0 Å². The molecule has 0 atom stereocenters. The molecule has 0 fully saturated rings. The van der Waals surface area contributed by atoms with Crippen LogP contribution in [0.5, 0.6) is 0 Å². The zero-order valence-electron chi connectivity index (χ0n) is 11.9. The third-order valence-electron chi connectivity index (χ3n) is 3.43. The van der Waals surface area contributed by atoms with Gasteiger partial charge in [0.05, 0.1) is 30.1 Å². The highest BCUT2D eigenvalue weighted by molar-refractivity contribution is 5.86. The van der Waals surface area contributed by atoms with E-state index in [1.165, 1.54) is 24.7 Å². The van der Waals surface area contributed by atoms with Crippen molar-refractivity contribution in [2.24, 2.45) is 0 Å².